The van der Waals surface area contributed by atoms with E-state index in [-0.39, 0.29) is 0 Å². The molecule has 1 saturated carbocycles. The molecule has 0 spiro atoms. The number of aryl methyl sites for hydroxylation is 1. The summed E-state index contributed by atoms with van der Waals surface area (Å²) in [6.45, 7) is 0.451. The molecule has 2 N–H and O–H groups in total. The summed E-state index contributed by atoms with van der Waals surface area (Å²) in [5, 5.41) is 8.77. The van der Waals surface area contributed by atoms with E-state index in [2.05, 4.69) is 0 Å². The minimum absolute atomic E-state index is 0.393. The van der Waals surface area contributed by atoms with Crippen molar-refractivity contribution in [3.05, 3.63) is 32.6 Å². The Morgan fingerprint density at radius 3 is 2.76 bits per heavy atom. The molecule has 6 heteroatoms. The zero-order chi connectivity index (χ0) is 12.4. The van der Waals surface area contributed by atoms with E-state index in [0.717, 1.165) is 25.0 Å². The molecule has 1 aromatic rings. The van der Waals surface area contributed by atoms with E-state index in [1.54, 1.807) is 0 Å². The smallest absolute Gasteiger partial charge is 0.342 e. The van der Waals surface area contributed by atoms with Crippen molar-refractivity contribution in [2.45, 2.75) is 32.2 Å². The van der Waals surface area contributed by atoms with Crippen molar-refractivity contribution in [2.24, 2.45) is 5.92 Å². The van der Waals surface area contributed by atoms with Gasteiger partial charge < -0.3 is 5.11 Å². The zero-order valence-electron chi connectivity index (χ0n) is 9.31. The van der Waals surface area contributed by atoms with Gasteiger partial charge in [-0.25, -0.2) is 9.59 Å². The largest absolute Gasteiger partial charge is 0.477 e. The number of aromatic carboxylic acids is 1. The standard InChI is InChI=1S/C11H14N2O4/c14-9-8(10(15)16)6-13(11(17)12-9)5-1-2-7-3-4-7/h6-7H,1-5H2,(H,15,16)(H,12,14,17). The first-order valence-electron chi connectivity index (χ1n) is 5.65. The SMILES string of the molecule is O=C(O)c1cn(CCCC2CC2)c(=O)[nH]c1=O. The number of nitrogens with zero attached hydrogens (tertiary/aromatic N) is 1. The van der Waals surface area contributed by atoms with Crippen LogP contribution in [0.2, 0.25) is 0 Å². The number of H-pyrrole nitrogens is 1. The molecule has 6 nitrogen and oxygen atoms in total. The molecule has 0 aromatic carbocycles. The van der Waals surface area contributed by atoms with Gasteiger partial charge in [0, 0.05) is 12.7 Å². The van der Waals surface area contributed by atoms with Crippen LogP contribution < -0.4 is 11.2 Å². The molecule has 0 atom stereocenters. The molecule has 17 heavy (non-hydrogen) atoms. The summed E-state index contributed by atoms with van der Waals surface area (Å²) in [6, 6.07) is 0. The van der Waals surface area contributed by atoms with Crippen molar-refractivity contribution in [1.29, 1.82) is 0 Å². The Bertz CT molecular complexity index is 539. The van der Waals surface area contributed by atoms with Gasteiger partial charge in [0.1, 0.15) is 5.56 Å². The quantitative estimate of drug-likeness (QED) is 0.777. The van der Waals surface area contributed by atoms with Crippen molar-refractivity contribution in [3.8, 4) is 0 Å². The van der Waals surface area contributed by atoms with Gasteiger partial charge >= 0.3 is 11.7 Å². The fourth-order valence-corrected chi connectivity index (χ4v) is 1.78. The van der Waals surface area contributed by atoms with E-state index in [1.807, 2.05) is 4.98 Å². The number of carboxylic acid groups (broad SMARTS) is 1. The predicted octanol–water partition coefficient (Wildman–Crippen LogP) is 0.425. The lowest BCUT2D eigenvalue weighted by atomic mass is 10.2. The molecule has 1 heterocycles. The lowest BCUT2D eigenvalue weighted by Crippen LogP contribution is -2.33. The van der Waals surface area contributed by atoms with Gasteiger partial charge in [-0.05, 0) is 18.8 Å². The summed E-state index contributed by atoms with van der Waals surface area (Å²) in [4.78, 5) is 35.4. The van der Waals surface area contributed by atoms with E-state index in [0.29, 0.717) is 6.54 Å². The number of rotatable bonds is 5. The van der Waals surface area contributed by atoms with Gasteiger partial charge in [-0.3, -0.25) is 14.3 Å². The van der Waals surface area contributed by atoms with Crippen LogP contribution in [0.15, 0.2) is 15.8 Å². The maximum atomic E-state index is 11.4. The van der Waals surface area contributed by atoms with Crippen LogP contribution >= 0.6 is 0 Å². The topological polar surface area (TPSA) is 92.2 Å². The van der Waals surface area contributed by atoms with E-state index < -0.39 is 22.8 Å². The molecular formula is C11H14N2O4. The lowest BCUT2D eigenvalue weighted by Gasteiger charge is -2.05. The Balaban J connectivity index is 2.14. The molecule has 1 aromatic heterocycles. The third-order valence-electron chi connectivity index (χ3n) is 2.95. The fourth-order valence-electron chi connectivity index (χ4n) is 1.78. The van der Waals surface area contributed by atoms with Crippen LogP contribution in [0, 0.1) is 5.92 Å². The number of hydrogen-bond donors (Lipinski definition) is 2. The number of carbonyl (C=O) groups is 1. The van der Waals surface area contributed by atoms with Gasteiger partial charge in [-0.1, -0.05) is 12.8 Å². The first kappa shape index (κ1) is 11.6. The maximum absolute atomic E-state index is 11.4. The van der Waals surface area contributed by atoms with Crippen LogP contribution in [0.4, 0.5) is 0 Å². The number of nitrogens with one attached hydrogen (secondary N) is 1. The first-order chi connectivity index (χ1) is 8.08. The second-order valence-corrected chi connectivity index (χ2v) is 4.39. The summed E-state index contributed by atoms with van der Waals surface area (Å²) < 4.78 is 1.26. The van der Waals surface area contributed by atoms with Crippen molar-refractivity contribution >= 4 is 5.97 Å². The van der Waals surface area contributed by atoms with Crippen LogP contribution in [-0.4, -0.2) is 20.6 Å². The molecule has 0 aliphatic heterocycles. The Morgan fingerprint density at radius 1 is 1.47 bits per heavy atom. The summed E-state index contributed by atoms with van der Waals surface area (Å²) in [6.07, 6.45) is 5.50. The monoisotopic (exact) mass is 238 g/mol. The number of carboxylic acids is 1. The maximum Gasteiger partial charge on any atom is 0.342 e. The van der Waals surface area contributed by atoms with E-state index in [1.165, 1.54) is 17.4 Å². The molecule has 0 radical (unpaired) electrons. The highest BCUT2D eigenvalue weighted by Crippen LogP contribution is 2.33. The van der Waals surface area contributed by atoms with E-state index >= 15 is 0 Å². The van der Waals surface area contributed by atoms with Crippen LogP contribution in [0.25, 0.3) is 0 Å². The molecule has 0 saturated heterocycles. The van der Waals surface area contributed by atoms with Crippen molar-refractivity contribution < 1.29 is 9.90 Å². The summed E-state index contributed by atoms with van der Waals surface area (Å²) in [5.74, 6) is -0.547. The normalized spacial score (nSPS) is 14.8. The lowest BCUT2D eigenvalue weighted by molar-refractivity contribution is 0.0693. The molecule has 1 aliphatic carbocycles. The highest BCUT2D eigenvalue weighted by Gasteiger charge is 2.20. The number of aromatic nitrogens is 2. The predicted molar refractivity (Wildman–Crippen MR) is 60.2 cm³/mol. The Labute approximate surface area is 96.9 Å². The van der Waals surface area contributed by atoms with Gasteiger partial charge in [0.2, 0.25) is 0 Å². The average Bonchev–Trinajstić information content (AvgIpc) is 3.04. The molecule has 2 rings (SSSR count). The second-order valence-electron chi connectivity index (χ2n) is 4.39. The Morgan fingerprint density at radius 2 is 2.18 bits per heavy atom. The third-order valence-corrected chi connectivity index (χ3v) is 2.95. The van der Waals surface area contributed by atoms with Gasteiger partial charge in [-0.2, -0.15) is 0 Å². The van der Waals surface area contributed by atoms with Crippen molar-refractivity contribution in [1.82, 2.24) is 9.55 Å². The van der Waals surface area contributed by atoms with Crippen LogP contribution in [0.5, 0.6) is 0 Å². The fraction of sp³-hybridized carbons (Fsp3) is 0.545. The Kier molecular flexibility index (Phi) is 3.12. The molecule has 1 aliphatic rings. The van der Waals surface area contributed by atoms with Crippen molar-refractivity contribution in [2.75, 3.05) is 0 Å². The van der Waals surface area contributed by atoms with Gasteiger partial charge in [0.25, 0.3) is 5.56 Å². The molecular weight excluding hydrogens is 224 g/mol. The van der Waals surface area contributed by atoms with E-state index in [9.17, 15) is 14.4 Å². The summed E-state index contributed by atoms with van der Waals surface area (Å²) >= 11 is 0. The van der Waals surface area contributed by atoms with Crippen molar-refractivity contribution in [3.63, 3.8) is 0 Å². The van der Waals surface area contributed by atoms with Gasteiger partial charge in [-0.15, -0.1) is 0 Å². The number of hydrogen-bond acceptors (Lipinski definition) is 3. The molecule has 0 amide bonds. The first-order valence-corrected chi connectivity index (χ1v) is 5.65. The third kappa shape index (κ3) is 2.83. The minimum Gasteiger partial charge on any atom is -0.477 e. The van der Waals surface area contributed by atoms with Gasteiger partial charge in [0.15, 0.2) is 0 Å². The summed E-state index contributed by atoms with van der Waals surface area (Å²) in [7, 11) is 0. The number of aromatic amines is 1. The molecule has 1 fully saturated rings. The molecule has 92 valence electrons. The average molecular weight is 238 g/mol. The van der Waals surface area contributed by atoms with E-state index in [4.69, 9.17) is 5.11 Å². The highest BCUT2D eigenvalue weighted by molar-refractivity contribution is 5.86. The Hall–Kier alpha value is -1.85. The molecule has 0 unspecified atom stereocenters. The highest BCUT2D eigenvalue weighted by atomic mass is 16.4. The second kappa shape index (κ2) is 4.57. The minimum atomic E-state index is -1.32. The molecule has 0 bridgehead atoms. The van der Waals surface area contributed by atoms with Crippen LogP contribution in [0.1, 0.15) is 36.0 Å². The summed E-state index contributed by atoms with van der Waals surface area (Å²) in [5.41, 5.74) is -1.78. The van der Waals surface area contributed by atoms with Gasteiger partial charge in [0.05, 0.1) is 0 Å². The zero-order valence-corrected chi connectivity index (χ0v) is 9.31. The van der Waals surface area contributed by atoms with Crippen LogP contribution in [-0.2, 0) is 6.54 Å². The van der Waals surface area contributed by atoms with Crippen LogP contribution in [0.3, 0.4) is 0 Å².